The fraction of sp³-hybridized carbons (Fsp3) is 0.720. The molecule has 3 fully saturated rings. The summed E-state index contributed by atoms with van der Waals surface area (Å²) in [4.78, 5) is 19.7. The number of anilines is 1. The summed E-state index contributed by atoms with van der Waals surface area (Å²) in [7, 11) is 0. The predicted octanol–water partition coefficient (Wildman–Crippen LogP) is 3.82. The van der Waals surface area contributed by atoms with E-state index in [1.165, 1.54) is 17.7 Å². The smallest absolute Gasteiger partial charge is 0.236 e. The van der Waals surface area contributed by atoms with Crippen LogP contribution in [0.15, 0.2) is 24.3 Å². The zero-order valence-corrected chi connectivity index (χ0v) is 18.9. The molecule has 1 aliphatic carbocycles. The molecule has 0 aromatic heterocycles. The molecule has 3 aliphatic rings. The monoisotopic (exact) mass is 413 g/mol. The molecule has 2 heterocycles. The van der Waals surface area contributed by atoms with E-state index in [4.69, 9.17) is 0 Å². The topological polar surface area (TPSA) is 47.0 Å². The van der Waals surface area contributed by atoms with Crippen LogP contribution in [-0.4, -0.2) is 65.7 Å². The Hall–Kier alpha value is -1.59. The third kappa shape index (κ3) is 4.24. The maximum absolute atomic E-state index is 13.0. The van der Waals surface area contributed by atoms with E-state index in [1.807, 2.05) is 4.90 Å². The molecule has 166 valence electrons. The lowest BCUT2D eigenvalue weighted by atomic mass is 9.66. The lowest BCUT2D eigenvalue weighted by Crippen LogP contribution is -2.56. The second kappa shape index (κ2) is 9.27. The van der Waals surface area contributed by atoms with Gasteiger partial charge in [0.15, 0.2) is 0 Å². The van der Waals surface area contributed by atoms with Gasteiger partial charge in [-0.3, -0.25) is 9.69 Å². The minimum atomic E-state index is -0.576. The Morgan fingerprint density at radius 3 is 2.40 bits per heavy atom. The normalized spacial score (nSPS) is 29.6. The first-order chi connectivity index (χ1) is 14.6. The molecule has 3 atom stereocenters. The maximum Gasteiger partial charge on any atom is 0.236 e. The molecule has 0 spiro atoms. The summed E-state index contributed by atoms with van der Waals surface area (Å²) in [5, 5.41) is 11.5. The average Bonchev–Trinajstić information content (AvgIpc) is 3.30. The van der Waals surface area contributed by atoms with Crippen molar-refractivity contribution in [2.24, 2.45) is 5.92 Å². The molecule has 2 aliphatic heterocycles. The number of rotatable bonds is 6. The lowest BCUT2D eigenvalue weighted by molar-refractivity contribution is -0.144. The highest BCUT2D eigenvalue weighted by atomic mass is 16.3. The lowest BCUT2D eigenvalue weighted by Gasteiger charge is -2.52. The van der Waals surface area contributed by atoms with E-state index in [-0.39, 0.29) is 17.9 Å². The van der Waals surface area contributed by atoms with E-state index < -0.39 is 5.60 Å². The number of carbonyl (C=O) groups is 1. The summed E-state index contributed by atoms with van der Waals surface area (Å²) < 4.78 is 0. The molecule has 1 saturated carbocycles. The third-order valence-electron chi connectivity index (χ3n) is 7.83. The van der Waals surface area contributed by atoms with E-state index >= 15 is 0 Å². The van der Waals surface area contributed by atoms with Crippen molar-refractivity contribution in [3.63, 3.8) is 0 Å². The molecule has 2 saturated heterocycles. The van der Waals surface area contributed by atoms with Gasteiger partial charge in [-0.25, -0.2) is 0 Å². The van der Waals surface area contributed by atoms with Gasteiger partial charge in [-0.05, 0) is 63.6 Å². The van der Waals surface area contributed by atoms with Crippen LogP contribution in [0.3, 0.4) is 0 Å². The summed E-state index contributed by atoms with van der Waals surface area (Å²) in [6.45, 7) is 9.46. The maximum atomic E-state index is 13.0. The van der Waals surface area contributed by atoms with Gasteiger partial charge in [-0.1, -0.05) is 25.0 Å². The van der Waals surface area contributed by atoms with Gasteiger partial charge in [0.05, 0.1) is 12.1 Å². The van der Waals surface area contributed by atoms with Gasteiger partial charge >= 0.3 is 0 Å². The fourth-order valence-corrected chi connectivity index (χ4v) is 6.07. The SMILES string of the molecule is CCN(CC)c1ccc([C@@H]2[C@H]3CCCC[C@@]3(O)CCN2CC(=O)N2CCCC2)cc1. The average molecular weight is 414 g/mol. The van der Waals surface area contributed by atoms with Crippen LogP contribution in [0.2, 0.25) is 0 Å². The van der Waals surface area contributed by atoms with Crippen molar-refractivity contribution in [3.05, 3.63) is 29.8 Å². The summed E-state index contributed by atoms with van der Waals surface area (Å²) in [6.07, 6.45) is 7.29. The molecular formula is C25H39N3O2. The van der Waals surface area contributed by atoms with Crippen LogP contribution in [0.1, 0.15) is 70.4 Å². The molecule has 1 amide bonds. The zero-order valence-electron chi connectivity index (χ0n) is 18.9. The number of benzene rings is 1. The van der Waals surface area contributed by atoms with Crippen LogP contribution in [-0.2, 0) is 4.79 Å². The van der Waals surface area contributed by atoms with Crippen LogP contribution in [0, 0.1) is 5.92 Å². The summed E-state index contributed by atoms with van der Waals surface area (Å²) in [5.41, 5.74) is 1.93. The van der Waals surface area contributed by atoms with Gasteiger partial charge in [-0.15, -0.1) is 0 Å². The first kappa shape index (κ1) is 21.6. The minimum absolute atomic E-state index is 0.126. The first-order valence-corrected chi connectivity index (χ1v) is 12.1. The minimum Gasteiger partial charge on any atom is -0.389 e. The predicted molar refractivity (Wildman–Crippen MR) is 122 cm³/mol. The number of aliphatic hydroxyl groups is 1. The molecule has 1 aromatic rings. The molecule has 30 heavy (non-hydrogen) atoms. The molecule has 0 radical (unpaired) electrons. The second-order valence-electron chi connectivity index (χ2n) is 9.47. The largest absolute Gasteiger partial charge is 0.389 e. The molecular weight excluding hydrogens is 374 g/mol. The number of piperidine rings is 1. The van der Waals surface area contributed by atoms with Crippen molar-refractivity contribution >= 4 is 11.6 Å². The first-order valence-electron chi connectivity index (χ1n) is 12.1. The number of fused-ring (bicyclic) bond motifs is 1. The molecule has 4 rings (SSSR count). The van der Waals surface area contributed by atoms with Crippen molar-refractivity contribution in [1.82, 2.24) is 9.80 Å². The van der Waals surface area contributed by atoms with Crippen molar-refractivity contribution in [2.75, 3.05) is 44.2 Å². The Kier molecular flexibility index (Phi) is 6.69. The van der Waals surface area contributed by atoms with Crippen LogP contribution < -0.4 is 4.90 Å². The summed E-state index contributed by atoms with van der Waals surface area (Å²) >= 11 is 0. The molecule has 5 heteroatoms. The Bertz CT molecular complexity index is 712. The standard InChI is InChI=1S/C25H39N3O2/c1-3-26(4-2)21-12-10-20(11-13-21)24-22-9-5-6-14-25(22,30)15-18-28(24)19-23(29)27-16-7-8-17-27/h10-13,22,24,30H,3-9,14-19H2,1-2H3/t22-,24-,25-/m1/s1. The van der Waals surface area contributed by atoms with Crippen molar-refractivity contribution in [3.8, 4) is 0 Å². The van der Waals surface area contributed by atoms with Crippen LogP contribution in [0.5, 0.6) is 0 Å². The van der Waals surface area contributed by atoms with Gasteiger partial charge in [0, 0.05) is 50.4 Å². The van der Waals surface area contributed by atoms with Crippen molar-refractivity contribution < 1.29 is 9.90 Å². The number of carbonyl (C=O) groups excluding carboxylic acids is 1. The Morgan fingerprint density at radius 2 is 1.73 bits per heavy atom. The molecule has 1 N–H and O–H groups in total. The van der Waals surface area contributed by atoms with E-state index in [1.54, 1.807) is 0 Å². The Labute approximate surface area is 182 Å². The molecule has 0 unspecified atom stereocenters. The summed E-state index contributed by atoms with van der Waals surface area (Å²) in [6, 6.07) is 9.05. The number of amides is 1. The van der Waals surface area contributed by atoms with Gasteiger partial charge in [-0.2, -0.15) is 0 Å². The van der Waals surface area contributed by atoms with E-state index in [2.05, 4.69) is 47.9 Å². The highest BCUT2D eigenvalue weighted by molar-refractivity contribution is 5.78. The Morgan fingerprint density at radius 1 is 1.03 bits per heavy atom. The van der Waals surface area contributed by atoms with Gasteiger partial charge in [0.2, 0.25) is 5.91 Å². The van der Waals surface area contributed by atoms with Crippen LogP contribution in [0.4, 0.5) is 5.69 Å². The number of hydrogen-bond acceptors (Lipinski definition) is 4. The highest BCUT2D eigenvalue weighted by Crippen LogP contribution is 2.49. The molecule has 5 nitrogen and oxygen atoms in total. The number of nitrogens with zero attached hydrogens (tertiary/aromatic N) is 3. The highest BCUT2D eigenvalue weighted by Gasteiger charge is 2.49. The Balaban J connectivity index is 1.60. The van der Waals surface area contributed by atoms with Gasteiger partial charge in [0.25, 0.3) is 0 Å². The van der Waals surface area contributed by atoms with E-state index in [0.29, 0.717) is 6.54 Å². The zero-order chi connectivity index (χ0) is 21.1. The second-order valence-corrected chi connectivity index (χ2v) is 9.47. The van der Waals surface area contributed by atoms with Crippen molar-refractivity contribution in [1.29, 1.82) is 0 Å². The van der Waals surface area contributed by atoms with Crippen LogP contribution in [0.25, 0.3) is 0 Å². The number of likely N-dealkylation sites (tertiary alicyclic amines) is 2. The fourth-order valence-electron chi connectivity index (χ4n) is 6.07. The van der Waals surface area contributed by atoms with Gasteiger partial charge < -0.3 is 14.9 Å². The molecule has 1 aromatic carbocycles. The summed E-state index contributed by atoms with van der Waals surface area (Å²) in [5.74, 6) is 0.476. The molecule has 0 bridgehead atoms. The quantitative estimate of drug-likeness (QED) is 0.770. The van der Waals surface area contributed by atoms with Gasteiger partial charge in [0.1, 0.15) is 0 Å². The van der Waals surface area contributed by atoms with E-state index in [9.17, 15) is 9.90 Å². The van der Waals surface area contributed by atoms with Crippen molar-refractivity contribution in [2.45, 2.75) is 70.4 Å². The number of hydrogen-bond donors (Lipinski definition) is 1. The van der Waals surface area contributed by atoms with E-state index in [0.717, 1.165) is 71.2 Å². The van der Waals surface area contributed by atoms with Crippen LogP contribution >= 0.6 is 0 Å². The third-order valence-corrected chi connectivity index (χ3v) is 7.83.